The summed E-state index contributed by atoms with van der Waals surface area (Å²) in [5.74, 6) is -0.620. The fraction of sp³-hybridized carbons (Fsp3) is 0.364. The fourth-order valence-corrected chi connectivity index (χ4v) is 4.70. The fourth-order valence-electron chi connectivity index (χ4n) is 4.70. The molecule has 1 N–H and O–H groups in total. The van der Waals surface area contributed by atoms with Crippen molar-refractivity contribution in [3.05, 3.63) is 65.5 Å². The summed E-state index contributed by atoms with van der Waals surface area (Å²) < 4.78 is 13.6. The lowest BCUT2D eigenvalue weighted by atomic mass is 9.71. The Labute approximate surface area is 162 Å². The topological polar surface area (TPSA) is 60.9 Å². The number of nitrogens with zero attached hydrogens (tertiary/aromatic N) is 2. The number of amides is 2. The highest BCUT2D eigenvalue weighted by atomic mass is 19.1. The number of anilines is 1. The molecule has 0 unspecified atom stereocenters. The average molecular weight is 380 g/mol. The zero-order valence-electron chi connectivity index (χ0n) is 15.3. The molecule has 0 radical (unpaired) electrons. The van der Waals surface area contributed by atoms with Crippen LogP contribution in [-0.4, -0.2) is 47.1 Å². The van der Waals surface area contributed by atoms with Crippen LogP contribution < -0.4 is 4.90 Å². The Kier molecular flexibility index (Phi) is 3.98. The molecule has 2 heterocycles. The van der Waals surface area contributed by atoms with Gasteiger partial charge in [0.15, 0.2) is 0 Å². The van der Waals surface area contributed by atoms with E-state index in [1.165, 1.54) is 18.2 Å². The van der Waals surface area contributed by atoms with Gasteiger partial charge in [0.25, 0.3) is 5.91 Å². The molecule has 0 aromatic heterocycles. The van der Waals surface area contributed by atoms with Crippen molar-refractivity contribution in [2.24, 2.45) is 5.92 Å². The van der Waals surface area contributed by atoms with Crippen molar-refractivity contribution < 1.29 is 19.1 Å². The number of carbonyl (C=O) groups excluding carboxylic acids is 2. The van der Waals surface area contributed by atoms with Crippen molar-refractivity contribution in [2.45, 2.75) is 30.8 Å². The molecule has 6 heteroatoms. The minimum atomic E-state index is -0.469. The van der Waals surface area contributed by atoms with Gasteiger partial charge in [-0.25, -0.2) is 4.39 Å². The minimum absolute atomic E-state index is 0.0260. The highest BCUT2D eigenvalue weighted by molar-refractivity contribution is 5.99. The molecule has 1 saturated carbocycles. The van der Waals surface area contributed by atoms with Crippen LogP contribution >= 0.6 is 0 Å². The van der Waals surface area contributed by atoms with E-state index in [9.17, 15) is 19.1 Å². The van der Waals surface area contributed by atoms with E-state index in [2.05, 4.69) is 0 Å². The highest BCUT2D eigenvalue weighted by Crippen LogP contribution is 2.49. The molecular formula is C22H21FN2O3. The standard InChI is InChI=1S/C22H21FN2O3/c23-15-5-3-4-14(10-15)22(28)25-18-11-24(21(27)13-8-9-13)17-7-2-1-6-16(17)20(18)19(25)12-26/h1-7,10,13,18-20,26H,8-9,11-12H2/t18-,19+,20+/m1/s1. The molecule has 144 valence electrons. The van der Waals surface area contributed by atoms with Crippen LogP contribution in [0.15, 0.2) is 48.5 Å². The number of hydrogen-bond donors (Lipinski definition) is 1. The Bertz CT molecular complexity index is 958. The smallest absolute Gasteiger partial charge is 0.254 e. The lowest BCUT2D eigenvalue weighted by Gasteiger charge is -2.59. The molecule has 0 spiro atoms. The Hall–Kier alpha value is -2.73. The largest absolute Gasteiger partial charge is 0.394 e. The third-order valence-electron chi connectivity index (χ3n) is 6.19. The van der Waals surface area contributed by atoms with Gasteiger partial charge in [-0.2, -0.15) is 0 Å². The summed E-state index contributed by atoms with van der Waals surface area (Å²) in [5, 5.41) is 10.00. The monoisotopic (exact) mass is 380 g/mol. The van der Waals surface area contributed by atoms with E-state index >= 15 is 0 Å². The maximum Gasteiger partial charge on any atom is 0.254 e. The van der Waals surface area contributed by atoms with Gasteiger partial charge in [0, 0.05) is 29.6 Å². The molecule has 0 bridgehead atoms. The first-order valence-corrected chi connectivity index (χ1v) is 9.69. The Balaban J connectivity index is 1.52. The van der Waals surface area contributed by atoms with E-state index in [0.29, 0.717) is 6.54 Å². The predicted molar refractivity (Wildman–Crippen MR) is 101 cm³/mol. The Morgan fingerprint density at radius 1 is 1.11 bits per heavy atom. The molecule has 2 aromatic rings. The zero-order valence-corrected chi connectivity index (χ0v) is 15.3. The number of rotatable bonds is 3. The van der Waals surface area contributed by atoms with Gasteiger partial charge < -0.3 is 14.9 Å². The molecule has 5 rings (SSSR count). The summed E-state index contributed by atoms with van der Waals surface area (Å²) in [6.45, 7) is 0.238. The summed E-state index contributed by atoms with van der Waals surface area (Å²) in [5.41, 5.74) is 2.14. The van der Waals surface area contributed by atoms with Crippen LogP contribution in [0.3, 0.4) is 0 Å². The van der Waals surface area contributed by atoms with Crippen molar-refractivity contribution in [1.82, 2.24) is 4.90 Å². The second kappa shape index (κ2) is 6.41. The molecular weight excluding hydrogens is 359 g/mol. The molecule has 1 saturated heterocycles. The number of hydrogen-bond acceptors (Lipinski definition) is 3. The first-order valence-electron chi connectivity index (χ1n) is 9.69. The number of aliphatic hydroxyl groups is 1. The number of fused-ring (bicyclic) bond motifs is 3. The number of aliphatic hydroxyl groups excluding tert-OH is 1. The first kappa shape index (κ1) is 17.4. The third kappa shape index (κ3) is 2.55. The van der Waals surface area contributed by atoms with Gasteiger partial charge >= 0.3 is 0 Å². The lowest BCUT2D eigenvalue weighted by molar-refractivity contribution is -0.120. The van der Waals surface area contributed by atoms with E-state index in [1.54, 1.807) is 15.9 Å². The van der Waals surface area contributed by atoms with Crippen molar-refractivity contribution in [1.29, 1.82) is 0 Å². The SMILES string of the molecule is O=C(C1CC1)N1C[C@@H]2[C@H](c3ccccc31)[C@H](CO)N2C(=O)c1cccc(F)c1. The molecule has 5 nitrogen and oxygen atoms in total. The molecule has 2 amide bonds. The van der Waals surface area contributed by atoms with Crippen LogP contribution in [0.2, 0.25) is 0 Å². The number of para-hydroxylation sites is 1. The summed E-state index contributed by atoms with van der Waals surface area (Å²) in [6.07, 6.45) is 1.83. The van der Waals surface area contributed by atoms with E-state index in [0.717, 1.165) is 24.1 Å². The van der Waals surface area contributed by atoms with E-state index in [4.69, 9.17) is 0 Å². The second-order valence-electron chi connectivity index (χ2n) is 7.85. The van der Waals surface area contributed by atoms with Gasteiger partial charge in [-0.05, 0) is 42.7 Å². The van der Waals surface area contributed by atoms with Gasteiger partial charge in [0.1, 0.15) is 5.82 Å². The van der Waals surface area contributed by atoms with Crippen molar-refractivity contribution >= 4 is 17.5 Å². The van der Waals surface area contributed by atoms with Gasteiger partial charge in [-0.1, -0.05) is 24.3 Å². The van der Waals surface area contributed by atoms with E-state index in [-0.39, 0.29) is 47.9 Å². The van der Waals surface area contributed by atoms with Gasteiger partial charge in [0.05, 0.1) is 18.7 Å². The maximum absolute atomic E-state index is 13.6. The van der Waals surface area contributed by atoms with E-state index < -0.39 is 5.82 Å². The number of carbonyl (C=O) groups is 2. The third-order valence-corrected chi connectivity index (χ3v) is 6.19. The van der Waals surface area contributed by atoms with Crippen LogP contribution in [-0.2, 0) is 4.79 Å². The molecule has 1 aliphatic carbocycles. The van der Waals surface area contributed by atoms with Crippen LogP contribution in [0.4, 0.5) is 10.1 Å². The highest BCUT2D eigenvalue weighted by Gasteiger charge is 2.56. The van der Waals surface area contributed by atoms with Gasteiger partial charge in [0.2, 0.25) is 5.91 Å². The van der Waals surface area contributed by atoms with Crippen LogP contribution in [0.25, 0.3) is 0 Å². The summed E-state index contributed by atoms with van der Waals surface area (Å²) in [7, 11) is 0. The molecule has 28 heavy (non-hydrogen) atoms. The van der Waals surface area contributed by atoms with Crippen LogP contribution in [0, 0.1) is 11.7 Å². The molecule has 3 aliphatic rings. The molecule has 2 aromatic carbocycles. The minimum Gasteiger partial charge on any atom is -0.394 e. The first-order chi connectivity index (χ1) is 13.6. The summed E-state index contributed by atoms with van der Waals surface area (Å²) >= 11 is 0. The lowest BCUT2D eigenvalue weighted by Crippen LogP contribution is -2.70. The zero-order chi connectivity index (χ0) is 19.4. The van der Waals surface area contributed by atoms with Gasteiger partial charge in [-0.15, -0.1) is 0 Å². The molecule has 2 aliphatic heterocycles. The van der Waals surface area contributed by atoms with Gasteiger partial charge in [-0.3, -0.25) is 9.59 Å². The van der Waals surface area contributed by atoms with Crippen molar-refractivity contribution in [2.75, 3.05) is 18.1 Å². The Morgan fingerprint density at radius 3 is 2.61 bits per heavy atom. The van der Waals surface area contributed by atoms with Crippen LogP contribution in [0.5, 0.6) is 0 Å². The average Bonchev–Trinajstić information content (AvgIpc) is 3.53. The molecule has 2 fully saturated rings. The quantitative estimate of drug-likeness (QED) is 0.890. The summed E-state index contributed by atoms with van der Waals surface area (Å²) in [6, 6.07) is 12.8. The normalized spacial score (nSPS) is 25.6. The maximum atomic E-state index is 13.6. The second-order valence-corrected chi connectivity index (χ2v) is 7.85. The molecule has 3 atom stereocenters. The number of benzene rings is 2. The van der Waals surface area contributed by atoms with Crippen molar-refractivity contribution in [3.63, 3.8) is 0 Å². The number of halogens is 1. The van der Waals surface area contributed by atoms with Crippen LogP contribution in [0.1, 0.15) is 34.7 Å². The Morgan fingerprint density at radius 2 is 1.89 bits per heavy atom. The van der Waals surface area contributed by atoms with Crippen molar-refractivity contribution in [3.8, 4) is 0 Å². The number of likely N-dealkylation sites (tertiary alicyclic amines) is 1. The van der Waals surface area contributed by atoms with E-state index in [1.807, 2.05) is 24.3 Å². The predicted octanol–water partition coefficient (Wildman–Crippen LogP) is 2.55. The summed E-state index contributed by atoms with van der Waals surface area (Å²) in [4.78, 5) is 29.4.